The molecule has 112 valence electrons. The molecule has 0 saturated carbocycles. The molecule has 1 N–H and O–H groups in total. The molecule has 0 aromatic heterocycles. The number of amides is 1. The fourth-order valence-electron chi connectivity index (χ4n) is 2.01. The average Bonchev–Trinajstić information content (AvgIpc) is 2.42. The Labute approximate surface area is 125 Å². The number of hydrogen-bond donors (Lipinski definition) is 1. The molecule has 20 heavy (non-hydrogen) atoms. The summed E-state index contributed by atoms with van der Waals surface area (Å²) >= 11 is 5.84. The van der Waals surface area contributed by atoms with Crippen LogP contribution < -0.4 is 5.32 Å². The summed E-state index contributed by atoms with van der Waals surface area (Å²) in [6, 6.07) is 4.24. The van der Waals surface area contributed by atoms with E-state index in [4.69, 9.17) is 11.6 Å². The third-order valence-electron chi connectivity index (χ3n) is 3.27. The Morgan fingerprint density at radius 3 is 2.60 bits per heavy atom. The van der Waals surface area contributed by atoms with Crippen LogP contribution in [0.3, 0.4) is 0 Å². The Hall–Kier alpha value is -1.13. The van der Waals surface area contributed by atoms with Gasteiger partial charge in [0.2, 0.25) is 0 Å². The van der Waals surface area contributed by atoms with E-state index in [1.165, 1.54) is 18.2 Å². The van der Waals surface area contributed by atoms with Crippen LogP contribution in [0.5, 0.6) is 0 Å². The van der Waals surface area contributed by atoms with Gasteiger partial charge in [-0.25, -0.2) is 4.39 Å². The Bertz CT molecular complexity index is 416. The molecule has 0 radical (unpaired) electrons. The second kappa shape index (κ2) is 8.93. The zero-order valence-corrected chi connectivity index (χ0v) is 12.8. The zero-order valence-electron chi connectivity index (χ0n) is 12.1. The van der Waals surface area contributed by atoms with Gasteiger partial charge in [0.25, 0.3) is 5.91 Å². The van der Waals surface area contributed by atoms with Crippen molar-refractivity contribution in [2.24, 2.45) is 0 Å². The van der Waals surface area contributed by atoms with E-state index in [2.05, 4.69) is 24.1 Å². The average molecular weight is 301 g/mol. The van der Waals surface area contributed by atoms with Crippen LogP contribution in [0.15, 0.2) is 18.2 Å². The predicted octanol–water partition coefficient (Wildman–Crippen LogP) is 3.33. The van der Waals surface area contributed by atoms with Crippen LogP contribution in [0.1, 0.15) is 37.0 Å². The number of carbonyl (C=O) groups excluding carboxylic acids is 1. The normalized spacial score (nSPS) is 10.8. The van der Waals surface area contributed by atoms with Crippen molar-refractivity contribution in [2.75, 3.05) is 26.2 Å². The summed E-state index contributed by atoms with van der Waals surface area (Å²) in [6.45, 7) is 7.88. The first-order valence-corrected chi connectivity index (χ1v) is 7.42. The topological polar surface area (TPSA) is 32.3 Å². The minimum Gasteiger partial charge on any atom is -0.352 e. The van der Waals surface area contributed by atoms with Crippen LogP contribution in [0.2, 0.25) is 5.02 Å². The Balaban J connectivity index is 2.34. The van der Waals surface area contributed by atoms with Crippen molar-refractivity contribution in [1.29, 1.82) is 0 Å². The molecule has 0 unspecified atom stereocenters. The molecule has 0 bridgehead atoms. The first kappa shape index (κ1) is 16.9. The van der Waals surface area contributed by atoms with Gasteiger partial charge in [-0.05, 0) is 44.6 Å². The van der Waals surface area contributed by atoms with Gasteiger partial charge in [-0.2, -0.15) is 0 Å². The monoisotopic (exact) mass is 300 g/mol. The fourth-order valence-corrected chi connectivity index (χ4v) is 2.25. The fraction of sp³-hybridized carbons (Fsp3) is 0.533. The molecule has 5 heteroatoms. The van der Waals surface area contributed by atoms with Gasteiger partial charge in [-0.3, -0.25) is 4.79 Å². The largest absolute Gasteiger partial charge is 0.352 e. The maximum absolute atomic E-state index is 13.5. The van der Waals surface area contributed by atoms with Crippen LogP contribution in [0.4, 0.5) is 4.39 Å². The highest BCUT2D eigenvalue weighted by atomic mass is 35.5. The van der Waals surface area contributed by atoms with Crippen molar-refractivity contribution in [1.82, 2.24) is 10.2 Å². The van der Waals surface area contributed by atoms with E-state index < -0.39 is 11.7 Å². The van der Waals surface area contributed by atoms with E-state index >= 15 is 0 Å². The van der Waals surface area contributed by atoms with Crippen LogP contribution >= 0.6 is 11.6 Å². The van der Waals surface area contributed by atoms with E-state index in [0.717, 1.165) is 32.5 Å². The molecule has 1 rings (SSSR count). The first-order valence-electron chi connectivity index (χ1n) is 7.04. The van der Waals surface area contributed by atoms with Gasteiger partial charge >= 0.3 is 0 Å². The molecule has 0 saturated heterocycles. The van der Waals surface area contributed by atoms with Gasteiger partial charge in [-0.15, -0.1) is 0 Å². The SMILES string of the molecule is CCN(CC)CCCCNC(=O)c1c(F)cccc1Cl. The molecule has 0 heterocycles. The number of benzene rings is 1. The molecule has 1 aromatic rings. The number of hydrogen-bond acceptors (Lipinski definition) is 2. The molecule has 0 fully saturated rings. The lowest BCUT2D eigenvalue weighted by molar-refractivity contribution is 0.0948. The molecule has 1 aromatic carbocycles. The van der Waals surface area contributed by atoms with Crippen molar-refractivity contribution in [3.8, 4) is 0 Å². The van der Waals surface area contributed by atoms with Crippen molar-refractivity contribution < 1.29 is 9.18 Å². The third kappa shape index (κ3) is 5.10. The summed E-state index contributed by atoms with van der Waals surface area (Å²) < 4.78 is 13.5. The molecule has 0 aliphatic carbocycles. The van der Waals surface area contributed by atoms with E-state index in [-0.39, 0.29) is 10.6 Å². The smallest absolute Gasteiger partial charge is 0.255 e. The summed E-state index contributed by atoms with van der Waals surface area (Å²) in [4.78, 5) is 14.2. The quantitative estimate of drug-likeness (QED) is 0.747. The number of carbonyl (C=O) groups is 1. The molecule has 1 amide bonds. The zero-order chi connectivity index (χ0) is 15.0. The van der Waals surface area contributed by atoms with E-state index in [1.54, 1.807) is 0 Å². The highest BCUT2D eigenvalue weighted by Crippen LogP contribution is 2.18. The molecule has 0 aliphatic heterocycles. The standard InChI is InChI=1S/C15H22ClFN2O/c1-3-19(4-2)11-6-5-10-18-15(20)14-12(16)8-7-9-13(14)17/h7-9H,3-6,10-11H2,1-2H3,(H,18,20). The Kier molecular flexibility index (Phi) is 7.55. The first-order chi connectivity index (χ1) is 9.60. The number of halogens is 2. The van der Waals surface area contributed by atoms with Crippen molar-refractivity contribution in [3.63, 3.8) is 0 Å². The lowest BCUT2D eigenvalue weighted by atomic mass is 10.2. The number of nitrogens with one attached hydrogen (secondary N) is 1. The van der Waals surface area contributed by atoms with Gasteiger partial charge in [0.15, 0.2) is 0 Å². The minimum absolute atomic E-state index is 0.0714. The lowest BCUT2D eigenvalue weighted by Crippen LogP contribution is -2.28. The van der Waals surface area contributed by atoms with Gasteiger partial charge in [-0.1, -0.05) is 31.5 Å². The van der Waals surface area contributed by atoms with E-state index in [0.29, 0.717) is 6.54 Å². The van der Waals surface area contributed by atoms with Gasteiger partial charge in [0, 0.05) is 6.54 Å². The van der Waals surface area contributed by atoms with Gasteiger partial charge in [0.05, 0.1) is 10.6 Å². The highest BCUT2D eigenvalue weighted by molar-refractivity contribution is 6.33. The predicted molar refractivity (Wildman–Crippen MR) is 80.8 cm³/mol. The molecule has 3 nitrogen and oxygen atoms in total. The highest BCUT2D eigenvalue weighted by Gasteiger charge is 2.14. The molecule has 0 atom stereocenters. The molecular formula is C15H22ClFN2O. The van der Waals surface area contributed by atoms with Crippen molar-refractivity contribution in [3.05, 3.63) is 34.6 Å². The number of nitrogens with zero attached hydrogens (tertiary/aromatic N) is 1. The van der Waals surface area contributed by atoms with Crippen molar-refractivity contribution >= 4 is 17.5 Å². The molecule has 0 spiro atoms. The van der Waals surface area contributed by atoms with Gasteiger partial charge in [0.1, 0.15) is 5.82 Å². The van der Waals surface area contributed by atoms with E-state index in [9.17, 15) is 9.18 Å². The minimum atomic E-state index is -0.585. The number of rotatable bonds is 8. The summed E-state index contributed by atoms with van der Waals surface area (Å²) in [5.74, 6) is -1.03. The van der Waals surface area contributed by atoms with Crippen LogP contribution in [-0.2, 0) is 0 Å². The summed E-state index contributed by atoms with van der Waals surface area (Å²) in [5, 5.41) is 2.85. The summed E-state index contributed by atoms with van der Waals surface area (Å²) in [7, 11) is 0. The Morgan fingerprint density at radius 1 is 1.30 bits per heavy atom. The Morgan fingerprint density at radius 2 is 2.00 bits per heavy atom. The lowest BCUT2D eigenvalue weighted by Gasteiger charge is -2.17. The molecular weight excluding hydrogens is 279 g/mol. The van der Waals surface area contributed by atoms with Crippen LogP contribution in [0.25, 0.3) is 0 Å². The summed E-state index contributed by atoms with van der Waals surface area (Å²) in [5.41, 5.74) is -0.0714. The van der Waals surface area contributed by atoms with E-state index in [1.807, 2.05) is 0 Å². The van der Waals surface area contributed by atoms with Gasteiger partial charge < -0.3 is 10.2 Å². The second-order valence-electron chi connectivity index (χ2n) is 4.59. The maximum atomic E-state index is 13.5. The number of unbranched alkanes of at least 4 members (excludes halogenated alkanes) is 1. The van der Waals surface area contributed by atoms with Crippen molar-refractivity contribution in [2.45, 2.75) is 26.7 Å². The maximum Gasteiger partial charge on any atom is 0.255 e. The van der Waals surface area contributed by atoms with Crippen LogP contribution in [0, 0.1) is 5.82 Å². The second-order valence-corrected chi connectivity index (χ2v) is 4.99. The summed E-state index contributed by atoms with van der Waals surface area (Å²) in [6.07, 6.45) is 1.88. The van der Waals surface area contributed by atoms with Crippen LogP contribution in [-0.4, -0.2) is 37.0 Å². The molecule has 0 aliphatic rings. The third-order valence-corrected chi connectivity index (χ3v) is 3.59.